The van der Waals surface area contributed by atoms with Gasteiger partial charge in [-0.1, -0.05) is 63.6 Å². The molecule has 0 radical (unpaired) electrons. The van der Waals surface area contributed by atoms with Gasteiger partial charge in [0.15, 0.2) is 0 Å². The fourth-order valence-corrected chi connectivity index (χ4v) is 5.20. The number of carbonyl (C=O) groups excluding carboxylic acids is 4. The highest BCUT2D eigenvalue weighted by atomic mass is 16.5. The highest BCUT2D eigenvalue weighted by Crippen LogP contribution is 2.23. The van der Waals surface area contributed by atoms with E-state index in [4.69, 9.17) is 9.39 Å². The van der Waals surface area contributed by atoms with Crippen LogP contribution in [0.25, 0.3) is 11.3 Å². The largest absolute Gasteiger partial charge is 0.518 e. The van der Waals surface area contributed by atoms with Crippen molar-refractivity contribution in [3.63, 3.8) is 0 Å². The van der Waals surface area contributed by atoms with Crippen molar-refractivity contribution < 1.29 is 33.7 Å². The zero-order chi connectivity index (χ0) is 31.7. The Labute approximate surface area is 253 Å². The molecule has 1 aliphatic heterocycles. The molecule has 5 atom stereocenters. The van der Waals surface area contributed by atoms with Gasteiger partial charge in [0.25, 0.3) is 11.9 Å². The van der Waals surface area contributed by atoms with Crippen LogP contribution in [0, 0.1) is 11.8 Å². The smallest absolute Gasteiger partial charge is 0.475 e. The molecule has 1 aromatic heterocycles. The van der Waals surface area contributed by atoms with Gasteiger partial charge in [-0.25, -0.2) is 4.98 Å². The Morgan fingerprint density at radius 2 is 1.79 bits per heavy atom. The molecular weight excluding hydrogens is 551 g/mol. The number of pyridine rings is 1. The Morgan fingerprint density at radius 1 is 1.09 bits per heavy atom. The molecule has 11 nitrogen and oxygen atoms in total. The third kappa shape index (κ3) is 9.11. The number of hydrogen-bond acceptors (Lipinski definition) is 9. The van der Waals surface area contributed by atoms with E-state index in [1.54, 1.807) is 30.9 Å². The standard InChI is InChI=1S/C31H43BN4O7/c1-19(2)18-26(32-36(5)25(31(41)42-6)17-10-12-20(3)30(40)43-32)34-29(39)27(21(4)37)35-28(38)24-16-11-15-23(33-24)22-13-8-7-9-14-22/h7-9,11,13-16,19-21,25-27,37H,10,12,17-18H2,1-6H3,(H,34,39)(H,35,38)/t20-,21-,25-,26+,27+/m1/s1. The normalized spacial score (nSPS) is 20.1. The predicted octanol–water partition coefficient (Wildman–Crippen LogP) is 2.62. The Hall–Kier alpha value is -3.77. The Kier molecular flexibility index (Phi) is 12.3. The van der Waals surface area contributed by atoms with Gasteiger partial charge in [-0.2, -0.15) is 0 Å². The van der Waals surface area contributed by atoms with Crippen molar-refractivity contribution in [2.24, 2.45) is 11.8 Å². The number of aromatic nitrogens is 1. The van der Waals surface area contributed by atoms with Crippen molar-refractivity contribution in [2.75, 3.05) is 14.2 Å². The summed E-state index contributed by atoms with van der Waals surface area (Å²) in [5.41, 5.74) is 1.49. The number of likely N-dealkylation sites (N-methyl/N-ethyl adjacent to an activating group) is 1. The zero-order valence-electron chi connectivity index (χ0n) is 25.8. The van der Waals surface area contributed by atoms with E-state index >= 15 is 0 Å². The van der Waals surface area contributed by atoms with Gasteiger partial charge in [0.1, 0.15) is 17.8 Å². The average molecular weight is 595 g/mol. The van der Waals surface area contributed by atoms with Crippen LogP contribution in [0.4, 0.5) is 0 Å². The van der Waals surface area contributed by atoms with Gasteiger partial charge in [-0.05, 0) is 51.3 Å². The predicted molar refractivity (Wildman–Crippen MR) is 162 cm³/mol. The molecule has 3 rings (SSSR count). The van der Waals surface area contributed by atoms with Gasteiger partial charge in [0, 0.05) is 5.56 Å². The lowest BCUT2D eigenvalue weighted by molar-refractivity contribution is -0.146. The van der Waals surface area contributed by atoms with Gasteiger partial charge in [-0.15, -0.1) is 0 Å². The van der Waals surface area contributed by atoms with Gasteiger partial charge >= 0.3 is 13.0 Å². The number of hydrogen-bond donors (Lipinski definition) is 3. The fourth-order valence-electron chi connectivity index (χ4n) is 5.20. The summed E-state index contributed by atoms with van der Waals surface area (Å²) in [5.74, 6) is -3.31. The van der Waals surface area contributed by atoms with Crippen LogP contribution in [-0.2, 0) is 23.8 Å². The molecule has 1 aromatic carbocycles. The van der Waals surface area contributed by atoms with Crippen molar-refractivity contribution >= 4 is 30.8 Å². The summed E-state index contributed by atoms with van der Waals surface area (Å²) < 4.78 is 11.0. The first-order chi connectivity index (χ1) is 20.4. The highest BCUT2D eigenvalue weighted by molar-refractivity contribution is 6.53. The van der Waals surface area contributed by atoms with Crippen LogP contribution < -0.4 is 10.6 Å². The van der Waals surface area contributed by atoms with Gasteiger partial charge < -0.3 is 25.1 Å². The first kappa shape index (κ1) is 33.7. The van der Waals surface area contributed by atoms with E-state index in [-0.39, 0.29) is 11.6 Å². The minimum absolute atomic E-state index is 0.0588. The number of esters is 1. The molecule has 1 saturated heterocycles. The second kappa shape index (κ2) is 15.6. The van der Waals surface area contributed by atoms with Crippen molar-refractivity contribution in [3.05, 3.63) is 54.2 Å². The van der Waals surface area contributed by atoms with E-state index in [1.807, 2.05) is 44.2 Å². The van der Waals surface area contributed by atoms with Gasteiger partial charge in [0.2, 0.25) is 5.91 Å². The molecule has 0 spiro atoms. The molecular formula is C31H43BN4O7. The monoisotopic (exact) mass is 594 g/mol. The minimum atomic E-state index is -1.34. The molecule has 1 fully saturated rings. The molecule has 232 valence electrons. The summed E-state index contributed by atoms with van der Waals surface area (Å²) in [6, 6.07) is 12.3. The van der Waals surface area contributed by atoms with Crippen LogP contribution in [-0.4, -0.2) is 84.0 Å². The van der Waals surface area contributed by atoms with E-state index in [2.05, 4.69) is 15.6 Å². The molecule has 0 bridgehead atoms. The van der Waals surface area contributed by atoms with Crippen molar-refractivity contribution in [2.45, 2.75) is 77.5 Å². The van der Waals surface area contributed by atoms with E-state index in [0.29, 0.717) is 31.4 Å². The van der Waals surface area contributed by atoms with E-state index in [0.717, 1.165) is 5.56 Å². The molecule has 2 heterocycles. The maximum Gasteiger partial charge on any atom is 0.475 e. The quantitative estimate of drug-likeness (QED) is 0.279. The van der Waals surface area contributed by atoms with E-state index in [9.17, 15) is 24.3 Å². The van der Waals surface area contributed by atoms with Crippen LogP contribution in [0.5, 0.6) is 0 Å². The van der Waals surface area contributed by atoms with Crippen LogP contribution >= 0.6 is 0 Å². The van der Waals surface area contributed by atoms with Gasteiger partial charge in [-0.3, -0.25) is 24.0 Å². The number of amides is 2. The highest BCUT2D eigenvalue weighted by Gasteiger charge is 2.45. The second-order valence-corrected chi connectivity index (χ2v) is 11.6. The SMILES string of the molecule is COC(=O)[C@H]1CCC[C@@H](C)C(=O)OB([C@H](CC(C)C)NC(=O)[C@@H](NC(=O)c2cccc(-c3ccccc3)n2)[C@@H](C)O)N1C. The Bertz CT molecular complexity index is 1260. The topological polar surface area (TPSA) is 147 Å². The Balaban J connectivity index is 1.87. The lowest BCUT2D eigenvalue weighted by Gasteiger charge is -2.35. The minimum Gasteiger partial charge on any atom is -0.518 e. The van der Waals surface area contributed by atoms with Crippen LogP contribution in [0.15, 0.2) is 48.5 Å². The first-order valence-corrected chi connectivity index (χ1v) is 14.7. The summed E-state index contributed by atoms with van der Waals surface area (Å²) in [6.07, 6.45) is 0.736. The lowest BCUT2D eigenvalue weighted by atomic mass is 9.66. The number of rotatable bonds is 10. The first-order valence-electron chi connectivity index (χ1n) is 14.7. The second-order valence-electron chi connectivity index (χ2n) is 11.6. The van der Waals surface area contributed by atoms with Crippen LogP contribution in [0.1, 0.15) is 63.9 Å². The number of aliphatic hydroxyl groups is 1. The van der Waals surface area contributed by atoms with Crippen molar-refractivity contribution in [1.82, 2.24) is 20.4 Å². The average Bonchev–Trinajstić information content (AvgIpc) is 3.04. The van der Waals surface area contributed by atoms with Crippen molar-refractivity contribution in [1.29, 1.82) is 0 Å². The summed E-state index contributed by atoms with van der Waals surface area (Å²) in [5, 5.41) is 16.1. The molecule has 2 amide bonds. The number of nitrogens with one attached hydrogen (secondary N) is 2. The molecule has 0 unspecified atom stereocenters. The van der Waals surface area contributed by atoms with E-state index < -0.39 is 60.9 Å². The maximum absolute atomic E-state index is 13.7. The van der Waals surface area contributed by atoms with Gasteiger partial charge in [0.05, 0.1) is 30.8 Å². The third-order valence-corrected chi connectivity index (χ3v) is 7.62. The lowest BCUT2D eigenvalue weighted by Crippen LogP contribution is -2.63. The number of benzene rings is 1. The summed E-state index contributed by atoms with van der Waals surface area (Å²) in [7, 11) is 1.96. The fraction of sp³-hybridized carbons (Fsp3) is 0.516. The number of nitrogens with zero attached hydrogens (tertiary/aromatic N) is 2. The number of methoxy groups -OCH3 is 1. The Morgan fingerprint density at radius 3 is 2.42 bits per heavy atom. The molecule has 2 aromatic rings. The number of ether oxygens (including phenoxy) is 1. The molecule has 0 aliphatic carbocycles. The summed E-state index contributed by atoms with van der Waals surface area (Å²) in [4.78, 5) is 58.7. The van der Waals surface area contributed by atoms with Crippen molar-refractivity contribution in [3.8, 4) is 11.3 Å². The van der Waals surface area contributed by atoms with Crippen LogP contribution in [0.2, 0.25) is 0 Å². The third-order valence-electron chi connectivity index (χ3n) is 7.62. The van der Waals surface area contributed by atoms with Crippen LogP contribution in [0.3, 0.4) is 0 Å². The molecule has 1 aliphatic rings. The molecule has 12 heteroatoms. The molecule has 0 saturated carbocycles. The maximum atomic E-state index is 13.7. The summed E-state index contributed by atoms with van der Waals surface area (Å²) >= 11 is 0. The zero-order valence-corrected chi connectivity index (χ0v) is 25.8. The summed E-state index contributed by atoms with van der Waals surface area (Å²) in [6.45, 7) is 7.08. The number of aliphatic hydroxyl groups excluding tert-OH is 1. The number of carbonyl (C=O) groups is 4. The molecule has 43 heavy (non-hydrogen) atoms. The molecule has 3 N–H and O–H groups in total. The van der Waals surface area contributed by atoms with E-state index in [1.165, 1.54) is 20.1 Å².